The fourth-order valence-corrected chi connectivity index (χ4v) is 0.523. The zero-order valence-electron chi connectivity index (χ0n) is 9.25. The number of hydrogen-bond donors (Lipinski definition) is 0. The van der Waals surface area contributed by atoms with Crippen LogP contribution in [0.5, 0.6) is 0 Å². The fraction of sp³-hybridized carbons (Fsp3) is 0.636. The minimum absolute atomic E-state index is 0.831. The molecular weight excluding hydrogens is 162 g/mol. The molecule has 0 bridgehead atoms. The van der Waals surface area contributed by atoms with Crippen LogP contribution in [0.4, 0.5) is 0 Å². The van der Waals surface area contributed by atoms with E-state index in [2.05, 4.69) is 32.0 Å². The molecule has 0 aromatic heterocycles. The number of likely N-dealkylation sites (N-methyl/N-ethyl adjacent to an activating group) is 1. The van der Waals surface area contributed by atoms with Crippen LogP contribution in [0, 0.1) is 0 Å². The highest BCUT2D eigenvalue weighted by Gasteiger charge is 1.90. The molecule has 0 amide bonds. The summed E-state index contributed by atoms with van der Waals surface area (Å²) in [6, 6.07) is 0. The lowest BCUT2D eigenvalue weighted by Crippen LogP contribution is -2.22. The summed E-state index contributed by atoms with van der Waals surface area (Å²) in [7, 11) is 2.10. The Morgan fingerprint density at radius 2 is 1.77 bits per heavy atom. The zero-order valence-corrected chi connectivity index (χ0v) is 9.25. The average Bonchev–Trinajstić information content (AvgIpc) is 2.18. The Kier molecular flexibility index (Phi) is 16.0. The third-order valence-corrected chi connectivity index (χ3v) is 1.53. The van der Waals surface area contributed by atoms with Crippen LogP contribution in [0.2, 0.25) is 0 Å². The maximum atomic E-state index is 5.16. The van der Waals surface area contributed by atoms with Crippen LogP contribution < -0.4 is 0 Å². The number of hydrogen-bond acceptors (Lipinski definition) is 2. The first-order chi connectivity index (χ1) is 6.22. The maximum absolute atomic E-state index is 5.16. The second-order valence-electron chi connectivity index (χ2n) is 2.56. The van der Waals surface area contributed by atoms with Gasteiger partial charge in [-0.25, -0.2) is 0 Å². The van der Waals surface area contributed by atoms with E-state index in [0.29, 0.717) is 0 Å². The summed E-state index contributed by atoms with van der Waals surface area (Å²) in [6.07, 6.45) is 3.28. The number of nitrogens with zero attached hydrogens (tertiary/aromatic N) is 1. The van der Waals surface area contributed by atoms with Crippen LogP contribution in [0.1, 0.15) is 13.8 Å². The summed E-state index contributed by atoms with van der Waals surface area (Å²) < 4.78 is 5.16. The van der Waals surface area contributed by atoms with Gasteiger partial charge in [-0.1, -0.05) is 32.2 Å². The van der Waals surface area contributed by atoms with Crippen LogP contribution in [-0.4, -0.2) is 38.3 Å². The van der Waals surface area contributed by atoms with Crippen molar-refractivity contribution >= 4 is 0 Å². The fourth-order valence-electron chi connectivity index (χ4n) is 0.523. The molecule has 0 aromatic rings. The summed E-state index contributed by atoms with van der Waals surface area (Å²) in [5.74, 6) is 0. The lowest BCUT2D eigenvalue weighted by molar-refractivity contribution is 0.124. The van der Waals surface area contributed by atoms with Gasteiger partial charge in [0.15, 0.2) is 0 Å². The quantitative estimate of drug-likeness (QED) is 0.465. The number of ether oxygens (including phenoxy) is 1. The van der Waals surface area contributed by atoms with Gasteiger partial charge in [-0.05, 0) is 20.5 Å². The predicted molar refractivity (Wildman–Crippen MR) is 60.1 cm³/mol. The van der Waals surface area contributed by atoms with Crippen LogP contribution >= 0.6 is 0 Å². The van der Waals surface area contributed by atoms with Gasteiger partial charge >= 0.3 is 0 Å². The highest BCUT2D eigenvalue weighted by Crippen LogP contribution is 1.80. The molecule has 0 aliphatic carbocycles. The van der Waals surface area contributed by atoms with E-state index in [1.165, 1.54) is 0 Å². The molecule has 0 saturated carbocycles. The summed E-state index contributed by atoms with van der Waals surface area (Å²) >= 11 is 0. The maximum Gasteiger partial charge on any atom is 0.0593 e. The molecule has 2 nitrogen and oxygen atoms in total. The topological polar surface area (TPSA) is 12.5 Å². The van der Waals surface area contributed by atoms with Crippen molar-refractivity contribution in [2.75, 3.05) is 33.4 Å². The smallest absolute Gasteiger partial charge is 0.0593 e. The predicted octanol–water partition coefficient (Wildman–Crippen LogP) is 2.33. The second-order valence-corrected chi connectivity index (χ2v) is 2.56. The van der Waals surface area contributed by atoms with E-state index in [1.807, 2.05) is 6.92 Å². The van der Waals surface area contributed by atoms with Crippen molar-refractivity contribution in [1.82, 2.24) is 4.90 Å². The Balaban J connectivity index is 0. The molecule has 0 N–H and O–H groups in total. The first kappa shape index (κ1) is 14.9. The molecule has 0 saturated heterocycles. The van der Waals surface area contributed by atoms with Gasteiger partial charge in [-0.3, -0.25) is 0 Å². The van der Waals surface area contributed by atoms with Gasteiger partial charge in [0, 0.05) is 13.2 Å². The summed E-state index contributed by atoms with van der Waals surface area (Å²) in [5, 5.41) is 0. The first-order valence-corrected chi connectivity index (χ1v) is 4.72. The summed E-state index contributed by atoms with van der Waals surface area (Å²) in [6.45, 7) is 14.7. The minimum atomic E-state index is 0.831. The Labute approximate surface area is 82.9 Å². The molecule has 0 rings (SSSR count). The van der Waals surface area contributed by atoms with Gasteiger partial charge in [0.1, 0.15) is 0 Å². The summed E-state index contributed by atoms with van der Waals surface area (Å²) in [5.41, 5.74) is 0. The van der Waals surface area contributed by atoms with Crippen molar-refractivity contribution in [3.8, 4) is 0 Å². The van der Waals surface area contributed by atoms with Crippen molar-refractivity contribution < 1.29 is 4.74 Å². The number of allylic oxidation sites excluding steroid dienone is 2. The Morgan fingerprint density at radius 3 is 2.08 bits per heavy atom. The second kappa shape index (κ2) is 14.0. The standard InChI is InChI=1S/C7H17NO.C4H6/c1-4-8(3)6-7-9-5-2;1-3-4-2/h4-7H2,1-3H3;3-4H,1-2H2. The molecule has 0 atom stereocenters. The van der Waals surface area contributed by atoms with E-state index in [4.69, 9.17) is 4.74 Å². The van der Waals surface area contributed by atoms with Crippen molar-refractivity contribution in [3.63, 3.8) is 0 Å². The highest BCUT2D eigenvalue weighted by molar-refractivity contribution is 4.88. The molecule has 0 heterocycles. The third-order valence-electron chi connectivity index (χ3n) is 1.53. The Hall–Kier alpha value is -0.600. The van der Waals surface area contributed by atoms with E-state index in [9.17, 15) is 0 Å². The lowest BCUT2D eigenvalue weighted by atomic mass is 10.5. The number of rotatable bonds is 6. The van der Waals surface area contributed by atoms with Crippen LogP contribution in [-0.2, 0) is 4.74 Å². The van der Waals surface area contributed by atoms with E-state index >= 15 is 0 Å². The Morgan fingerprint density at radius 1 is 1.23 bits per heavy atom. The highest BCUT2D eigenvalue weighted by atomic mass is 16.5. The van der Waals surface area contributed by atoms with Crippen LogP contribution in [0.15, 0.2) is 25.3 Å². The monoisotopic (exact) mass is 185 g/mol. The van der Waals surface area contributed by atoms with Gasteiger partial charge in [0.05, 0.1) is 6.61 Å². The van der Waals surface area contributed by atoms with E-state index in [1.54, 1.807) is 12.2 Å². The molecule has 0 aliphatic rings. The zero-order chi connectivity index (χ0) is 10.5. The van der Waals surface area contributed by atoms with E-state index < -0.39 is 0 Å². The van der Waals surface area contributed by atoms with Crippen LogP contribution in [0.25, 0.3) is 0 Å². The average molecular weight is 185 g/mol. The van der Waals surface area contributed by atoms with Crippen molar-refractivity contribution in [2.24, 2.45) is 0 Å². The van der Waals surface area contributed by atoms with Crippen molar-refractivity contribution in [2.45, 2.75) is 13.8 Å². The Bertz CT molecular complexity index is 107. The molecular formula is C11H23NO. The molecule has 0 unspecified atom stereocenters. The molecule has 13 heavy (non-hydrogen) atoms. The normalized spacial score (nSPS) is 8.92. The van der Waals surface area contributed by atoms with Gasteiger partial charge < -0.3 is 9.64 Å². The van der Waals surface area contributed by atoms with Crippen molar-refractivity contribution in [1.29, 1.82) is 0 Å². The molecule has 0 radical (unpaired) electrons. The van der Waals surface area contributed by atoms with Crippen LogP contribution in [0.3, 0.4) is 0 Å². The first-order valence-electron chi connectivity index (χ1n) is 4.72. The molecule has 0 fully saturated rings. The molecule has 78 valence electrons. The molecule has 0 aliphatic heterocycles. The van der Waals surface area contributed by atoms with E-state index in [-0.39, 0.29) is 0 Å². The minimum Gasteiger partial charge on any atom is -0.380 e. The molecule has 0 aromatic carbocycles. The van der Waals surface area contributed by atoms with Gasteiger partial charge in [0.25, 0.3) is 0 Å². The SMILES string of the molecule is C=CC=C.CCOCCN(C)CC. The van der Waals surface area contributed by atoms with E-state index in [0.717, 1.165) is 26.3 Å². The van der Waals surface area contributed by atoms with Gasteiger partial charge in [-0.2, -0.15) is 0 Å². The largest absolute Gasteiger partial charge is 0.380 e. The lowest BCUT2D eigenvalue weighted by Gasteiger charge is -2.12. The van der Waals surface area contributed by atoms with Crippen molar-refractivity contribution in [3.05, 3.63) is 25.3 Å². The van der Waals surface area contributed by atoms with Gasteiger partial charge in [0.2, 0.25) is 0 Å². The molecule has 2 heteroatoms. The molecule has 0 spiro atoms. The third kappa shape index (κ3) is 18.4. The summed E-state index contributed by atoms with van der Waals surface area (Å²) in [4.78, 5) is 2.23. The van der Waals surface area contributed by atoms with Gasteiger partial charge in [-0.15, -0.1) is 0 Å².